The molecule has 3 rings (SSSR count). The number of carbonyl (C=O) groups is 1. The van der Waals surface area contributed by atoms with Crippen LogP contribution < -0.4 is 5.01 Å². The topological polar surface area (TPSA) is 50.5 Å². The number of hydrazone groups is 1. The Kier molecular flexibility index (Phi) is 4.55. The summed E-state index contributed by atoms with van der Waals surface area (Å²) in [6, 6.07) is 9.99. The molecule has 0 amide bonds. The van der Waals surface area contributed by atoms with Crippen LogP contribution in [0.4, 0.5) is 5.69 Å². The lowest BCUT2D eigenvalue weighted by molar-refractivity contribution is -0.122. The first-order valence-corrected chi connectivity index (χ1v) is 7.99. The fourth-order valence-electron chi connectivity index (χ4n) is 2.96. The number of imidazole rings is 1. The van der Waals surface area contributed by atoms with Crippen molar-refractivity contribution in [1.82, 2.24) is 9.55 Å². The Morgan fingerprint density at radius 1 is 1.35 bits per heavy atom. The summed E-state index contributed by atoms with van der Waals surface area (Å²) in [7, 11) is 1.92. The fourth-order valence-corrected chi connectivity index (χ4v) is 2.96. The number of nitrogens with zero attached hydrogens (tertiary/aromatic N) is 4. The first-order valence-electron chi connectivity index (χ1n) is 7.99. The zero-order valence-electron chi connectivity index (χ0n) is 13.6. The van der Waals surface area contributed by atoms with Crippen molar-refractivity contribution in [3.8, 4) is 0 Å². The normalized spacial score (nSPS) is 20.0. The second-order valence-electron chi connectivity index (χ2n) is 6.03. The lowest BCUT2D eigenvalue weighted by Gasteiger charge is -2.24. The molecule has 23 heavy (non-hydrogen) atoms. The van der Waals surface area contributed by atoms with E-state index in [9.17, 15) is 4.79 Å². The van der Waals surface area contributed by atoms with Gasteiger partial charge in [-0.25, -0.2) is 4.98 Å². The van der Waals surface area contributed by atoms with Gasteiger partial charge in [0.2, 0.25) is 0 Å². The molecular formula is C18H22N4O. The molecule has 5 nitrogen and oxygen atoms in total. The van der Waals surface area contributed by atoms with Crippen LogP contribution in [0.3, 0.4) is 0 Å². The van der Waals surface area contributed by atoms with E-state index in [4.69, 9.17) is 0 Å². The van der Waals surface area contributed by atoms with Crippen LogP contribution in [0.2, 0.25) is 0 Å². The number of aromatic nitrogens is 2. The number of anilines is 1. The number of hydrogen-bond acceptors (Lipinski definition) is 4. The number of para-hydroxylation sites is 1. The Bertz CT molecular complexity index is 705. The largest absolute Gasteiger partial charge is 0.334 e. The third-order valence-corrected chi connectivity index (χ3v) is 4.38. The molecule has 1 aliphatic rings. The van der Waals surface area contributed by atoms with Crippen LogP contribution in [-0.4, -0.2) is 28.1 Å². The zero-order valence-corrected chi connectivity index (χ0v) is 13.6. The highest BCUT2D eigenvalue weighted by molar-refractivity contribution is 6.05. The number of carbonyl (C=O) groups excluding carboxylic acids is 1. The molecular weight excluding hydrogens is 288 g/mol. The summed E-state index contributed by atoms with van der Waals surface area (Å²) in [4.78, 5) is 16.6. The van der Waals surface area contributed by atoms with E-state index in [1.807, 2.05) is 55.5 Å². The summed E-state index contributed by atoms with van der Waals surface area (Å²) in [6.45, 7) is 2.70. The number of aryl methyl sites for hydroxylation is 1. The van der Waals surface area contributed by atoms with E-state index >= 15 is 0 Å². The van der Waals surface area contributed by atoms with E-state index in [1.54, 1.807) is 6.20 Å². The van der Waals surface area contributed by atoms with Crippen molar-refractivity contribution in [3.63, 3.8) is 0 Å². The predicted octanol–water partition coefficient (Wildman–Crippen LogP) is 3.05. The molecule has 120 valence electrons. The number of rotatable bonds is 4. The number of Topliss-reactive ketones (excluding diaryl/α,β-unsaturated/α-hetero) is 1. The Morgan fingerprint density at radius 3 is 2.78 bits per heavy atom. The van der Waals surface area contributed by atoms with Crippen molar-refractivity contribution < 1.29 is 4.79 Å². The lowest BCUT2D eigenvalue weighted by Crippen LogP contribution is -2.29. The third kappa shape index (κ3) is 3.67. The maximum atomic E-state index is 12.4. The molecule has 0 radical (unpaired) electrons. The second-order valence-corrected chi connectivity index (χ2v) is 6.03. The van der Waals surface area contributed by atoms with Crippen LogP contribution >= 0.6 is 0 Å². The summed E-state index contributed by atoms with van der Waals surface area (Å²) in [5.41, 5.74) is 2.00. The van der Waals surface area contributed by atoms with Crippen LogP contribution in [0.15, 0.2) is 47.8 Å². The number of benzene rings is 1. The summed E-state index contributed by atoms with van der Waals surface area (Å²) < 4.78 is 2.06. The predicted molar refractivity (Wildman–Crippen MR) is 91.6 cm³/mol. The SMILES string of the molecule is Cc1nccn1CC1CCC(=NN(C)c2ccccc2)CC1=O. The van der Waals surface area contributed by atoms with E-state index in [0.717, 1.165) is 36.6 Å². The average Bonchev–Trinajstić information content (AvgIpc) is 2.96. The second kappa shape index (κ2) is 6.77. The van der Waals surface area contributed by atoms with Gasteiger partial charge in [0.05, 0.1) is 5.69 Å². The van der Waals surface area contributed by atoms with Gasteiger partial charge >= 0.3 is 0 Å². The zero-order chi connectivity index (χ0) is 16.2. The Labute approximate surface area is 136 Å². The van der Waals surface area contributed by atoms with Gasteiger partial charge in [0.25, 0.3) is 0 Å². The molecule has 0 aliphatic heterocycles. The van der Waals surface area contributed by atoms with Crippen molar-refractivity contribution in [3.05, 3.63) is 48.5 Å². The third-order valence-electron chi connectivity index (χ3n) is 4.38. The molecule has 0 saturated heterocycles. The van der Waals surface area contributed by atoms with Crippen molar-refractivity contribution in [2.45, 2.75) is 32.7 Å². The van der Waals surface area contributed by atoms with E-state index in [1.165, 1.54) is 0 Å². The number of ketones is 1. The number of hydrogen-bond donors (Lipinski definition) is 0. The minimum Gasteiger partial charge on any atom is -0.334 e. The van der Waals surface area contributed by atoms with Gasteiger partial charge in [-0.3, -0.25) is 9.80 Å². The quantitative estimate of drug-likeness (QED) is 0.816. The monoisotopic (exact) mass is 310 g/mol. The first kappa shape index (κ1) is 15.5. The van der Waals surface area contributed by atoms with Crippen molar-refractivity contribution in [2.75, 3.05) is 12.1 Å². The van der Waals surface area contributed by atoms with Gasteiger partial charge in [-0.1, -0.05) is 18.2 Å². The standard InChI is InChI=1S/C18H22N4O/c1-14-19-10-11-22(14)13-15-8-9-16(12-18(15)23)20-21(2)17-6-4-3-5-7-17/h3-7,10-11,15H,8-9,12-13H2,1-2H3. The molecule has 1 atom stereocenters. The lowest BCUT2D eigenvalue weighted by atomic mass is 9.86. The summed E-state index contributed by atoms with van der Waals surface area (Å²) >= 11 is 0. The van der Waals surface area contributed by atoms with Crippen LogP contribution in [-0.2, 0) is 11.3 Å². The molecule has 0 spiro atoms. The molecule has 1 aliphatic carbocycles. The smallest absolute Gasteiger partial charge is 0.143 e. The molecule has 1 heterocycles. The summed E-state index contributed by atoms with van der Waals surface area (Å²) in [5, 5.41) is 6.47. The first-order chi connectivity index (χ1) is 11.1. The Hall–Kier alpha value is -2.43. The fraction of sp³-hybridized carbons (Fsp3) is 0.389. The van der Waals surface area contributed by atoms with E-state index < -0.39 is 0 Å². The van der Waals surface area contributed by atoms with Gasteiger partial charge in [-0.05, 0) is 31.9 Å². The van der Waals surface area contributed by atoms with Crippen molar-refractivity contribution in [1.29, 1.82) is 0 Å². The molecule has 5 heteroatoms. The van der Waals surface area contributed by atoms with E-state index in [0.29, 0.717) is 6.42 Å². The minimum absolute atomic E-state index is 0.0730. The van der Waals surface area contributed by atoms with Crippen molar-refractivity contribution >= 4 is 17.2 Å². The summed E-state index contributed by atoms with van der Waals surface area (Å²) in [6.07, 6.45) is 5.91. The molecule has 0 N–H and O–H groups in total. The molecule has 1 fully saturated rings. The highest BCUT2D eigenvalue weighted by Gasteiger charge is 2.26. The van der Waals surface area contributed by atoms with E-state index in [2.05, 4.69) is 14.7 Å². The van der Waals surface area contributed by atoms with Crippen LogP contribution in [0, 0.1) is 12.8 Å². The minimum atomic E-state index is 0.0730. The molecule has 1 unspecified atom stereocenters. The average molecular weight is 310 g/mol. The van der Waals surface area contributed by atoms with Gasteiger partial charge in [0, 0.05) is 44.0 Å². The van der Waals surface area contributed by atoms with Crippen molar-refractivity contribution in [2.24, 2.45) is 11.0 Å². The van der Waals surface area contributed by atoms with E-state index in [-0.39, 0.29) is 11.7 Å². The Balaban J connectivity index is 1.63. The maximum Gasteiger partial charge on any atom is 0.143 e. The highest BCUT2D eigenvalue weighted by Crippen LogP contribution is 2.22. The van der Waals surface area contributed by atoms with Gasteiger partial charge in [-0.2, -0.15) is 5.10 Å². The highest BCUT2D eigenvalue weighted by atomic mass is 16.1. The molecule has 1 aromatic heterocycles. The Morgan fingerprint density at radius 2 is 2.13 bits per heavy atom. The van der Waals surface area contributed by atoms with Crippen LogP contribution in [0.5, 0.6) is 0 Å². The molecule has 0 bridgehead atoms. The molecule has 2 aromatic rings. The molecule has 1 saturated carbocycles. The van der Waals surface area contributed by atoms with Gasteiger partial charge in [-0.15, -0.1) is 0 Å². The van der Waals surface area contributed by atoms with Gasteiger partial charge in [0.1, 0.15) is 11.6 Å². The van der Waals surface area contributed by atoms with Gasteiger partial charge < -0.3 is 4.57 Å². The van der Waals surface area contributed by atoms with Gasteiger partial charge in [0.15, 0.2) is 0 Å². The van der Waals surface area contributed by atoms with Crippen LogP contribution in [0.1, 0.15) is 25.1 Å². The van der Waals surface area contributed by atoms with Crippen LogP contribution in [0.25, 0.3) is 0 Å². The summed E-state index contributed by atoms with van der Waals surface area (Å²) in [5.74, 6) is 1.31. The molecule has 1 aromatic carbocycles. The maximum absolute atomic E-state index is 12.4.